The molecule has 0 radical (unpaired) electrons. The van der Waals surface area contributed by atoms with Gasteiger partial charge in [-0.15, -0.1) is 0 Å². The maximum atomic E-state index is 11.6. The Morgan fingerprint density at radius 3 is 2.42 bits per heavy atom. The topological polar surface area (TPSA) is 44.4 Å². The lowest BCUT2D eigenvalue weighted by molar-refractivity contribution is -0.122. The van der Waals surface area contributed by atoms with E-state index in [-0.39, 0.29) is 5.91 Å². The van der Waals surface area contributed by atoms with Crippen LogP contribution in [0.2, 0.25) is 0 Å². The Morgan fingerprint density at radius 1 is 1.16 bits per heavy atom. The van der Waals surface area contributed by atoms with E-state index >= 15 is 0 Å². The third-order valence-corrected chi connectivity index (χ3v) is 4.99. The van der Waals surface area contributed by atoms with Gasteiger partial charge in [0.05, 0.1) is 0 Å². The first-order valence-corrected chi connectivity index (χ1v) is 8.04. The Hall–Kier alpha value is -0.610. The number of piperidine rings is 1. The smallest absolute Gasteiger partial charge is 0.223 e. The molecule has 4 heteroatoms. The Labute approximate surface area is 116 Å². The third kappa shape index (κ3) is 3.11. The molecule has 0 aromatic rings. The summed E-state index contributed by atoms with van der Waals surface area (Å²) < 4.78 is 0. The molecule has 19 heavy (non-hydrogen) atoms. The van der Waals surface area contributed by atoms with Crippen LogP contribution in [-0.2, 0) is 4.79 Å². The second-order valence-corrected chi connectivity index (χ2v) is 6.41. The first-order valence-electron chi connectivity index (χ1n) is 8.04. The number of fused-ring (bicyclic) bond motifs is 2. The minimum Gasteiger partial charge on any atom is -0.355 e. The van der Waals surface area contributed by atoms with Crippen molar-refractivity contribution in [3.05, 3.63) is 0 Å². The van der Waals surface area contributed by atoms with E-state index in [1.807, 2.05) is 0 Å². The normalized spacial score (nSPS) is 34.5. The Balaban J connectivity index is 1.43. The fourth-order valence-electron chi connectivity index (χ4n) is 3.89. The first kappa shape index (κ1) is 13.4. The van der Waals surface area contributed by atoms with Crippen molar-refractivity contribution in [1.82, 2.24) is 15.5 Å². The summed E-state index contributed by atoms with van der Waals surface area (Å²) >= 11 is 0. The van der Waals surface area contributed by atoms with E-state index in [9.17, 15) is 4.79 Å². The van der Waals surface area contributed by atoms with Gasteiger partial charge < -0.3 is 10.6 Å². The molecule has 2 aliphatic heterocycles. The van der Waals surface area contributed by atoms with Crippen molar-refractivity contribution in [1.29, 1.82) is 0 Å². The van der Waals surface area contributed by atoms with Crippen LogP contribution in [0.4, 0.5) is 0 Å². The largest absolute Gasteiger partial charge is 0.355 e. The quantitative estimate of drug-likeness (QED) is 0.756. The maximum absolute atomic E-state index is 11.6. The van der Waals surface area contributed by atoms with Crippen molar-refractivity contribution >= 4 is 5.91 Å². The second kappa shape index (κ2) is 5.80. The van der Waals surface area contributed by atoms with Crippen molar-refractivity contribution in [3.8, 4) is 0 Å². The first-order chi connectivity index (χ1) is 9.28. The highest BCUT2D eigenvalue weighted by atomic mass is 16.2. The van der Waals surface area contributed by atoms with E-state index < -0.39 is 0 Å². The fourth-order valence-corrected chi connectivity index (χ4v) is 3.89. The summed E-state index contributed by atoms with van der Waals surface area (Å²) in [5.41, 5.74) is 0. The predicted molar refractivity (Wildman–Crippen MR) is 75.9 cm³/mol. The van der Waals surface area contributed by atoms with Crippen LogP contribution in [0.25, 0.3) is 0 Å². The number of nitrogens with zero attached hydrogens (tertiary/aromatic N) is 1. The molecule has 3 rings (SSSR count). The SMILES string of the molecule is CCNC1CC2CCC(C1)N2CCNC(=O)C1CC1. The van der Waals surface area contributed by atoms with Gasteiger partial charge in [0.15, 0.2) is 0 Å². The van der Waals surface area contributed by atoms with E-state index in [2.05, 4.69) is 22.5 Å². The number of amides is 1. The Kier molecular flexibility index (Phi) is 4.08. The summed E-state index contributed by atoms with van der Waals surface area (Å²) in [6.07, 6.45) is 7.49. The molecule has 2 bridgehead atoms. The standard InChI is InChI=1S/C15H27N3O/c1-2-16-12-9-13-5-6-14(10-12)18(13)8-7-17-15(19)11-3-4-11/h11-14,16H,2-10H2,1H3,(H,17,19). The molecule has 2 N–H and O–H groups in total. The monoisotopic (exact) mass is 265 g/mol. The zero-order chi connectivity index (χ0) is 13.2. The van der Waals surface area contributed by atoms with Gasteiger partial charge in [0.25, 0.3) is 0 Å². The zero-order valence-corrected chi connectivity index (χ0v) is 12.0. The molecular formula is C15H27N3O. The van der Waals surface area contributed by atoms with Gasteiger partial charge >= 0.3 is 0 Å². The Bertz CT molecular complexity index is 315. The zero-order valence-electron chi connectivity index (χ0n) is 12.0. The highest BCUT2D eigenvalue weighted by molar-refractivity contribution is 5.80. The summed E-state index contributed by atoms with van der Waals surface area (Å²) in [5, 5.41) is 6.71. The van der Waals surface area contributed by atoms with E-state index in [1.54, 1.807) is 0 Å². The second-order valence-electron chi connectivity index (χ2n) is 6.41. The van der Waals surface area contributed by atoms with Crippen molar-refractivity contribution < 1.29 is 4.79 Å². The summed E-state index contributed by atoms with van der Waals surface area (Å²) in [6, 6.07) is 2.22. The van der Waals surface area contributed by atoms with Gasteiger partial charge in [-0.05, 0) is 45.1 Å². The van der Waals surface area contributed by atoms with Crippen LogP contribution in [0.3, 0.4) is 0 Å². The number of hydrogen-bond donors (Lipinski definition) is 2. The Morgan fingerprint density at radius 2 is 1.84 bits per heavy atom. The number of carbonyl (C=O) groups is 1. The molecule has 3 aliphatic rings. The van der Waals surface area contributed by atoms with Gasteiger partial charge in [-0.25, -0.2) is 0 Å². The van der Waals surface area contributed by atoms with Gasteiger partial charge in [0.1, 0.15) is 0 Å². The van der Waals surface area contributed by atoms with Gasteiger partial charge in [-0.2, -0.15) is 0 Å². The summed E-state index contributed by atoms with van der Waals surface area (Å²) in [4.78, 5) is 14.3. The summed E-state index contributed by atoms with van der Waals surface area (Å²) in [5.74, 6) is 0.631. The van der Waals surface area contributed by atoms with Crippen LogP contribution < -0.4 is 10.6 Å². The molecule has 1 aliphatic carbocycles. The number of carbonyl (C=O) groups excluding carboxylic acids is 1. The van der Waals surface area contributed by atoms with Crippen LogP contribution >= 0.6 is 0 Å². The van der Waals surface area contributed by atoms with E-state index in [0.717, 1.165) is 50.6 Å². The molecule has 4 nitrogen and oxygen atoms in total. The lowest BCUT2D eigenvalue weighted by Gasteiger charge is -2.39. The maximum Gasteiger partial charge on any atom is 0.223 e. The molecule has 2 unspecified atom stereocenters. The molecule has 0 aromatic carbocycles. The van der Waals surface area contributed by atoms with Gasteiger partial charge in [0.2, 0.25) is 5.91 Å². The molecule has 3 fully saturated rings. The van der Waals surface area contributed by atoms with Gasteiger partial charge in [-0.3, -0.25) is 9.69 Å². The van der Waals surface area contributed by atoms with Crippen LogP contribution in [0, 0.1) is 5.92 Å². The van der Waals surface area contributed by atoms with Crippen molar-refractivity contribution in [2.45, 2.75) is 63.6 Å². The molecule has 2 saturated heterocycles. The molecule has 2 heterocycles. The minimum atomic E-state index is 0.287. The number of nitrogens with one attached hydrogen (secondary N) is 2. The lowest BCUT2D eigenvalue weighted by Crippen LogP contribution is -2.51. The highest BCUT2D eigenvalue weighted by Gasteiger charge is 2.40. The van der Waals surface area contributed by atoms with Crippen LogP contribution in [0.5, 0.6) is 0 Å². The van der Waals surface area contributed by atoms with Crippen LogP contribution in [-0.4, -0.2) is 48.6 Å². The molecule has 108 valence electrons. The lowest BCUT2D eigenvalue weighted by atomic mass is 9.97. The van der Waals surface area contributed by atoms with Gasteiger partial charge in [-0.1, -0.05) is 6.92 Å². The molecule has 0 spiro atoms. The predicted octanol–water partition coefficient (Wildman–Crippen LogP) is 1.12. The average molecular weight is 265 g/mol. The van der Waals surface area contributed by atoms with Crippen molar-refractivity contribution in [2.24, 2.45) is 5.92 Å². The highest BCUT2D eigenvalue weighted by Crippen LogP contribution is 2.35. The molecule has 1 amide bonds. The van der Waals surface area contributed by atoms with Crippen molar-refractivity contribution in [2.75, 3.05) is 19.6 Å². The summed E-state index contributed by atoms with van der Waals surface area (Å²) in [6.45, 7) is 5.17. The van der Waals surface area contributed by atoms with E-state index in [1.165, 1.54) is 25.7 Å². The molecule has 2 atom stereocenters. The van der Waals surface area contributed by atoms with Crippen LogP contribution in [0.1, 0.15) is 45.4 Å². The van der Waals surface area contributed by atoms with E-state index in [0.29, 0.717) is 5.92 Å². The molecule has 0 aromatic heterocycles. The fraction of sp³-hybridized carbons (Fsp3) is 0.933. The van der Waals surface area contributed by atoms with Crippen molar-refractivity contribution in [3.63, 3.8) is 0 Å². The van der Waals surface area contributed by atoms with E-state index in [4.69, 9.17) is 0 Å². The van der Waals surface area contributed by atoms with Gasteiger partial charge in [0, 0.05) is 37.1 Å². The van der Waals surface area contributed by atoms with Crippen LogP contribution in [0.15, 0.2) is 0 Å². The summed E-state index contributed by atoms with van der Waals surface area (Å²) in [7, 11) is 0. The third-order valence-electron chi connectivity index (χ3n) is 4.99. The molecule has 1 saturated carbocycles. The number of hydrogen-bond acceptors (Lipinski definition) is 3. The minimum absolute atomic E-state index is 0.287. The average Bonchev–Trinajstić information content (AvgIpc) is 3.19. The number of rotatable bonds is 6. The molecular weight excluding hydrogens is 238 g/mol.